The van der Waals surface area contributed by atoms with Gasteiger partial charge < -0.3 is 14.6 Å². The number of nitrogens with zero attached hydrogens (tertiary/aromatic N) is 2. The number of ether oxygens (including phenoxy) is 1. The van der Waals surface area contributed by atoms with E-state index in [4.69, 9.17) is 4.74 Å². The van der Waals surface area contributed by atoms with Crippen LogP contribution in [-0.4, -0.2) is 49.4 Å². The van der Waals surface area contributed by atoms with Gasteiger partial charge in [-0.05, 0) is 74.6 Å². The number of sulfonamides is 1. The average molecular weight is 498 g/mol. The van der Waals surface area contributed by atoms with Crippen molar-refractivity contribution in [3.05, 3.63) is 60.3 Å². The second-order valence-electron chi connectivity index (χ2n) is 8.95. The molecule has 1 N–H and O–H groups in total. The van der Waals surface area contributed by atoms with Crippen LogP contribution in [0.1, 0.15) is 51.1 Å². The topological polar surface area (TPSA) is 80.6 Å². The van der Waals surface area contributed by atoms with E-state index in [1.807, 2.05) is 61.0 Å². The van der Waals surface area contributed by atoms with E-state index in [0.717, 1.165) is 47.9 Å². The lowest BCUT2D eigenvalue weighted by molar-refractivity contribution is -0.124. The van der Waals surface area contributed by atoms with Crippen molar-refractivity contribution in [1.82, 2.24) is 14.2 Å². The summed E-state index contributed by atoms with van der Waals surface area (Å²) in [5, 5.41) is 3.88. The van der Waals surface area contributed by atoms with Gasteiger partial charge >= 0.3 is 0 Å². The Balaban J connectivity index is 1.43. The molecular formula is C27H35N3O4S. The Morgan fingerprint density at radius 1 is 1.03 bits per heavy atom. The Labute approximate surface area is 208 Å². The van der Waals surface area contributed by atoms with Crippen molar-refractivity contribution < 1.29 is 17.9 Å². The minimum absolute atomic E-state index is 0.0408. The van der Waals surface area contributed by atoms with Gasteiger partial charge in [0.2, 0.25) is 15.9 Å². The molecule has 8 heteroatoms. The number of piperidine rings is 1. The van der Waals surface area contributed by atoms with Crippen molar-refractivity contribution in [2.24, 2.45) is 0 Å². The number of carbonyl (C=O) groups excluding carboxylic acids is 1. The van der Waals surface area contributed by atoms with E-state index in [1.54, 1.807) is 16.4 Å². The quantitative estimate of drug-likeness (QED) is 0.446. The number of carbonyl (C=O) groups is 1. The Morgan fingerprint density at radius 3 is 2.46 bits per heavy atom. The van der Waals surface area contributed by atoms with Crippen LogP contribution < -0.4 is 10.1 Å². The molecule has 0 spiro atoms. The Kier molecular flexibility index (Phi) is 8.13. The first-order valence-corrected chi connectivity index (χ1v) is 14.0. The molecule has 3 aromatic rings. The van der Waals surface area contributed by atoms with Crippen LogP contribution in [0.2, 0.25) is 0 Å². The Bertz CT molecular complexity index is 1250. The summed E-state index contributed by atoms with van der Waals surface area (Å²) in [5.74, 6) is 0.804. The zero-order valence-electron chi connectivity index (χ0n) is 20.6. The average Bonchev–Trinajstić information content (AvgIpc) is 3.29. The van der Waals surface area contributed by atoms with Gasteiger partial charge in [-0.1, -0.05) is 25.5 Å². The highest BCUT2D eigenvalue weighted by molar-refractivity contribution is 7.89. The smallest absolute Gasteiger partial charge is 0.243 e. The van der Waals surface area contributed by atoms with Crippen LogP contribution in [0.4, 0.5) is 0 Å². The van der Waals surface area contributed by atoms with E-state index in [0.29, 0.717) is 37.6 Å². The van der Waals surface area contributed by atoms with Crippen molar-refractivity contribution >= 4 is 26.8 Å². The number of rotatable bonds is 10. The normalized spacial score (nSPS) is 15.7. The first kappa shape index (κ1) is 25.3. The first-order chi connectivity index (χ1) is 16.9. The van der Waals surface area contributed by atoms with Gasteiger partial charge in [-0.25, -0.2) is 8.42 Å². The highest BCUT2D eigenvalue weighted by Gasteiger charge is 2.27. The van der Waals surface area contributed by atoms with Gasteiger partial charge in [0.05, 0.1) is 11.5 Å². The van der Waals surface area contributed by atoms with Crippen LogP contribution in [0.25, 0.3) is 10.9 Å². The maximum Gasteiger partial charge on any atom is 0.243 e. The summed E-state index contributed by atoms with van der Waals surface area (Å²) in [5.41, 5.74) is 1.99. The highest BCUT2D eigenvalue weighted by atomic mass is 32.2. The van der Waals surface area contributed by atoms with Crippen molar-refractivity contribution in [1.29, 1.82) is 0 Å². The SMILES string of the molecule is CCOc1ccc(CCNC(=O)[C@H](CC)n2ccc3cc(S(=O)(=O)N4CCCCC4)ccc32)cc1. The third-order valence-electron chi connectivity index (χ3n) is 6.62. The molecule has 0 saturated carbocycles. The largest absolute Gasteiger partial charge is 0.494 e. The summed E-state index contributed by atoms with van der Waals surface area (Å²) in [4.78, 5) is 13.3. The van der Waals surface area contributed by atoms with Crippen LogP contribution in [-0.2, 0) is 21.2 Å². The molecular weight excluding hydrogens is 462 g/mol. The molecule has 188 valence electrons. The fourth-order valence-corrected chi connectivity index (χ4v) is 6.26. The number of hydrogen-bond acceptors (Lipinski definition) is 4. The molecule has 1 amide bonds. The molecule has 35 heavy (non-hydrogen) atoms. The molecule has 0 unspecified atom stereocenters. The van der Waals surface area contributed by atoms with Gasteiger partial charge in [0, 0.05) is 36.7 Å². The van der Waals surface area contributed by atoms with Gasteiger partial charge in [-0.15, -0.1) is 0 Å². The summed E-state index contributed by atoms with van der Waals surface area (Å²) in [6.45, 7) is 6.28. The molecule has 2 aromatic carbocycles. The van der Waals surface area contributed by atoms with E-state index in [1.165, 1.54) is 0 Å². The number of benzene rings is 2. The molecule has 0 bridgehead atoms. The van der Waals surface area contributed by atoms with Gasteiger partial charge in [0.1, 0.15) is 11.8 Å². The molecule has 0 aliphatic carbocycles. The van der Waals surface area contributed by atoms with Crippen LogP contribution in [0.5, 0.6) is 5.75 Å². The van der Waals surface area contributed by atoms with E-state index < -0.39 is 10.0 Å². The molecule has 0 radical (unpaired) electrons. The van der Waals surface area contributed by atoms with Crippen LogP contribution in [0.15, 0.2) is 59.6 Å². The summed E-state index contributed by atoms with van der Waals surface area (Å²) >= 11 is 0. The van der Waals surface area contributed by atoms with Gasteiger partial charge in [-0.2, -0.15) is 4.31 Å². The van der Waals surface area contributed by atoms with Crippen molar-refractivity contribution in [2.75, 3.05) is 26.2 Å². The number of amides is 1. The number of aromatic nitrogens is 1. The second kappa shape index (κ2) is 11.3. The summed E-state index contributed by atoms with van der Waals surface area (Å²) in [7, 11) is -3.49. The number of fused-ring (bicyclic) bond motifs is 1. The number of hydrogen-bond donors (Lipinski definition) is 1. The zero-order valence-corrected chi connectivity index (χ0v) is 21.4. The lowest BCUT2D eigenvalue weighted by atomic mass is 10.1. The van der Waals surface area contributed by atoms with E-state index >= 15 is 0 Å². The van der Waals surface area contributed by atoms with Crippen molar-refractivity contribution in [3.8, 4) is 5.75 Å². The minimum atomic E-state index is -3.49. The molecule has 1 atom stereocenters. The Morgan fingerprint density at radius 2 is 1.77 bits per heavy atom. The van der Waals surface area contributed by atoms with Crippen molar-refractivity contribution in [3.63, 3.8) is 0 Å². The van der Waals surface area contributed by atoms with Crippen LogP contribution in [0.3, 0.4) is 0 Å². The third kappa shape index (κ3) is 5.70. The van der Waals surface area contributed by atoms with Crippen LogP contribution >= 0.6 is 0 Å². The highest BCUT2D eigenvalue weighted by Crippen LogP contribution is 2.27. The van der Waals surface area contributed by atoms with Crippen molar-refractivity contribution in [2.45, 2.75) is 56.9 Å². The molecule has 1 aromatic heterocycles. The molecule has 1 fully saturated rings. The molecule has 1 aliphatic heterocycles. The lowest BCUT2D eigenvalue weighted by Crippen LogP contribution is -2.35. The summed E-state index contributed by atoms with van der Waals surface area (Å²) in [6.07, 6.45) is 6.13. The maximum absolute atomic E-state index is 13.1. The van der Waals surface area contributed by atoms with Gasteiger partial charge in [0.25, 0.3) is 0 Å². The first-order valence-electron chi connectivity index (χ1n) is 12.5. The monoisotopic (exact) mass is 497 g/mol. The van der Waals surface area contributed by atoms with E-state index in [2.05, 4.69) is 5.32 Å². The molecule has 2 heterocycles. The molecule has 1 aliphatic rings. The third-order valence-corrected chi connectivity index (χ3v) is 8.51. The predicted molar refractivity (Wildman–Crippen MR) is 138 cm³/mol. The zero-order chi connectivity index (χ0) is 24.8. The van der Waals surface area contributed by atoms with Crippen LogP contribution in [0, 0.1) is 0 Å². The van der Waals surface area contributed by atoms with E-state index in [9.17, 15) is 13.2 Å². The minimum Gasteiger partial charge on any atom is -0.494 e. The van der Waals surface area contributed by atoms with E-state index in [-0.39, 0.29) is 11.9 Å². The lowest BCUT2D eigenvalue weighted by Gasteiger charge is -2.26. The maximum atomic E-state index is 13.1. The molecule has 4 rings (SSSR count). The Hall–Kier alpha value is -2.84. The predicted octanol–water partition coefficient (Wildman–Crippen LogP) is 4.52. The molecule has 1 saturated heterocycles. The second-order valence-corrected chi connectivity index (χ2v) is 10.9. The fourth-order valence-electron chi connectivity index (χ4n) is 4.70. The fraction of sp³-hybridized carbons (Fsp3) is 0.444. The van der Waals surface area contributed by atoms with Gasteiger partial charge in [-0.3, -0.25) is 4.79 Å². The standard InChI is InChI=1S/C27H35N3O4S/c1-3-25(27(31)28-16-14-21-8-10-23(11-9-21)34-4-2)30-19-15-22-20-24(12-13-26(22)30)35(32,33)29-17-6-5-7-18-29/h8-13,15,19-20,25H,3-7,14,16-18H2,1-2H3,(H,28,31)/t25-/m0/s1. The summed E-state index contributed by atoms with van der Waals surface area (Å²) in [6, 6.07) is 14.7. The molecule has 7 nitrogen and oxygen atoms in total. The number of nitrogens with one attached hydrogen (secondary N) is 1. The summed E-state index contributed by atoms with van der Waals surface area (Å²) < 4.78 is 35.1. The van der Waals surface area contributed by atoms with Gasteiger partial charge in [0.15, 0.2) is 0 Å².